The molecule has 0 aromatic carbocycles. The second kappa shape index (κ2) is 3.51. The molecule has 0 saturated carbocycles. The maximum Gasteiger partial charge on any atom is 0.432 e. The molecule has 13 heavy (non-hydrogen) atoms. The molecule has 0 aliphatic heterocycles. The molecule has 1 heterocycles. The van der Waals surface area contributed by atoms with Crippen LogP contribution in [0.15, 0.2) is 4.79 Å². The second-order valence-electron chi connectivity index (χ2n) is 2.34. The molecular weight excluding hydrogens is 205 g/mol. The number of hydrogen-bond acceptors (Lipinski definition) is 3. The smallest absolute Gasteiger partial charge is 0.315 e. The summed E-state index contributed by atoms with van der Waals surface area (Å²) < 4.78 is 36.6. The van der Waals surface area contributed by atoms with Crippen molar-refractivity contribution in [3.63, 3.8) is 0 Å². The van der Waals surface area contributed by atoms with Gasteiger partial charge in [0.2, 0.25) is 0 Å². The summed E-state index contributed by atoms with van der Waals surface area (Å²) in [7, 11) is 1.52. The van der Waals surface area contributed by atoms with Crippen LogP contribution in [0.1, 0.15) is 10.6 Å². The van der Waals surface area contributed by atoms with Crippen LogP contribution in [0.2, 0.25) is 0 Å². The molecule has 1 rings (SSSR count). The van der Waals surface area contributed by atoms with Crippen molar-refractivity contribution >= 4 is 11.3 Å². The minimum atomic E-state index is -4.48. The van der Waals surface area contributed by atoms with Crippen molar-refractivity contribution in [1.29, 1.82) is 0 Å². The molecule has 1 aromatic rings. The van der Waals surface area contributed by atoms with Crippen LogP contribution in [0.3, 0.4) is 0 Å². The van der Waals surface area contributed by atoms with Crippen molar-refractivity contribution in [2.75, 3.05) is 7.05 Å². The van der Waals surface area contributed by atoms with Crippen molar-refractivity contribution < 1.29 is 13.2 Å². The van der Waals surface area contributed by atoms with Crippen LogP contribution in [-0.2, 0) is 12.7 Å². The molecule has 1 aromatic heterocycles. The lowest BCUT2D eigenvalue weighted by Gasteiger charge is -2.05. The van der Waals surface area contributed by atoms with Crippen LogP contribution in [0.25, 0.3) is 0 Å². The first-order valence-electron chi connectivity index (χ1n) is 3.39. The molecule has 7 heteroatoms. The highest BCUT2D eigenvalue weighted by Gasteiger charge is 2.35. The van der Waals surface area contributed by atoms with Crippen molar-refractivity contribution in [2.45, 2.75) is 12.7 Å². The third-order valence-electron chi connectivity index (χ3n) is 1.34. The molecule has 0 aliphatic rings. The Balaban J connectivity index is 3.12. The van der Waals surface area contributed by atoms with Crippen LogP contribution in [-0.4, -0.2) is 12.0 Å². The van der Waals surface area contributed by atoms with Gasteiger partial charge in [-0.2, -0.15) is 13.2 Å². The van der Waals surface area contributed by atoms with Gasteiger partial charge < -0.3 is 10.3 Å². The minimum Gasteiger partial charge on any atom is -0.315 e. The molecule has 0 amide bonds. The zero-order chi connectivity index (χ0) is 10.1. The number of rotatable bonds is 2. The van der Waals surface area contributed by atoms with Gasteiger partial charge in [0, 0.05) is 6.54 Å². The molecule has 0 aliphatic carbocycles. The van der Waals surface area contributed by atoms with E-state index in [4.69, 9.17) is 0 Å². The number of thiazole rings is 1. The number of alkyl halides is 3. The van der Waals surface area contributed by atoms with Crippen LogP contribution in [0.4, 0.5) is 13.2 Å². The fraction of sp³-hybridized carbons (Fsp3) is 0.500. The van der Waals surface area contributed by atoms with Gasteiger partial charge in [0.15, 0.2) is 0 Å². The fourth-order valence-electron chi connectivity index (χ4n) is 0.874. The van der Waals surface area contributed by atoms with E-state index >= 15 is 0 Å². The predicted octanol–water partition coefficient (Wildman–Crippen LogP) is 1.17. The lowest BCUT2D eigenvalue weighted by atomic mass is 10.3. The quantitative estimate of drug-likeness (QED) is 0.773. The van der Waals surface area contributed by atoms with Crippen molar-refractivity contribution in [1.82, 2.24) is 10.3 Å². The third kappa shape index (κ3) is 2.31. The van der Waals surface area contributed by atoms with Gasteiger partial charge in [-0.05, 0) is 7.05 Å². The molecule has 0 unspecified atom stereocenters. The lowest BCUT2D eigenvalue weighted by Crippen LogP contribution is -2.13. The number of aromatic amines is 1. The van der Waals surface area contributed by atoms with Crippen molar-refractivity contribution in [2.24, 2.45) is 0 Å². The van der Waals surface area contributed by atoms with E-state index in [-0.39, 0.29) is 11.4 Å². The van der Waals surface area contributed by atoms with E-state index in [2.05, 4.69) is 5.32 Å². The Kier molecular flexibility index (Phi) is 2.77. The van der Waals surface area contributed by atoms with Crippen LogP contribution < -0.4 is 10.2 Å². The summed E-state index contributed by atoms with van der Waals surface area (Å²) in [5.74, 6) is 0. The van der Waals surface area contributed by atoms with Gasteiger partial charge in [-0.25, -0.2) is 0 Å². The Bertz CT molecular complexity index is 340. The van der Waals surface area contributed by atoms with Crippen LogP contribution in [0.5, 0.6) is 0 Å². The molecule has 74 valence electrons. The first-order chi connectivity index (χ1) is 5.95. The molecule has 0 atom stereocenters. The summed E-state index contributed by atoms with van der Waals surface area (Å²) in [4.78, 5) is 11.7. The van der Waals surface area contributed by atoms with Gasteiger partial charge in [-0.1, -0.05) is 11.3 Å². The van der Waals surface area contributed by atoms with E-state index < -0.39 is 16.7 Å². The maximum atomic E-state index is 12.2. The molecule has 3 nitrogen and oxygen atoms in total. The SMILES string of the molecule is CNCc1sc(=O)[nH]c1C(F)(F)F. The van der Waals surface area contributed by atoms with Gasteiger partial charge in [0.05, 0.1) is 4.88 Å². The zero-order valence-electron chi connectivity index (χ0n) is 6.66. The molecule has 0 saturated heterocycles. The maximum absolute atomic E-state index is 12.2. The van der Waals surface area contributed by atoms with Gasteiger partial charge in [-0.3, -0.25) is 4.79 Å². The Morgan fingerprint density at radius 1 is 1.54 bits per heavy atom. The molecule has 0 spiro atoms. The third-order valence-corrected chi connectivity index (χ3v) is 2.22. The molecule has 0 fully saturated rings. The zero-order valence-corrected chi connectivity index (χ0v) is 7.47. The summed E-state index contributed by atoms with van der Waals surface area (Å²) in [6, 6.07) is 0. The second-order valence-corrected chi connectivity index (χ2v) is 3.41. The molecular formula is C6H7F3N2OS. The first-order valence-corrected chi connectivity index (χ1v) is 4.20. The average molecular weight is 212 g/mol. The van der Waals surface area contributed by atoms with Gasteiger partial charge in [0.1, 0.15) is 5.69 Å². The number of aromatic nitrogens is 1. The Hall–Kier alpha value is -0.820. The highest BCUT2D eigenvalue weighted by molar-refractivity contribution is 7.09. The van der Waals surface area contributed by atoms with E-state index in [1.165, 1.54) is 7.05 Å². The van der Waals surface area contributed by atoms with Crippen LogP contribution in [0, 0.1) is 0 Å². The van der Waals surface area contributed by atoms with E-state index in [1.54, 1.807) is 4.98 Å². The van der Waals surface area contributed by atoms with Gasteiger partial charge in [-0.15, -0.1) is 0 Å². The van der Waals surface area contributed by atoms with E-state index in [0.29, 0.717) is 11.3 Å². The number of H-pyrrole nitrogens is 1. The summed E-state index contributed by atoms with van der Waals surface area (Å²) >= 11 is 0.572. The topological polar surface area (TPSA) is 44.9 Å². The average Bonchev–Trinajstić information content (AvgIpc) is 2.30. The first kappa shape index (κ1) is 10.3. The van der Waals surface area contributed by atoms with Crippen molar-refractivity contribution in [3.8, 4) is 0 Å². The Morgan fingerprint density at radius 2 is 2.15 bits per heavy atom. The normalized spacial score (nSPS) is 12.0. The number of nitrogens with one attached hydrogen (secondary N) is 2. The summed E-state index contributed by atoms with van der Waals surface area (Å²) in [6.45, 7) is 0.0399. The number of hydrogen-bond donors (Lipinski definition) is 2. The molecule has 2 N–H and O–H groups in total. The van der Waals surface area contributed by atoms with Crippen LogP contribution >= 0.6 is 11.3 Å². The van der Waals surface area contributed by atoms with E-state index in [1.807, 2.05) is 0 Å². The summed E-state index contributed by atoms with van der Waals surface area (Å²) in [5.41, 5.74) is -0.947. The molecule has 0 bridgehead atoms. The minimum absolute atomic E-state index is 0.0139. The molecule has 0 radical (unpaired) electrons. The fourth-order valence-corrected chi connectivity index (χ4v) is 1.74. The van der Waals surface area contributed by atoms with Crippen molar-refractivity contribution in [3.05, 3.63) is 20.2 Å². The standard InChI is InChI=1S/C6H7F3N2OS/c1-10-2-3-4(6(7,8)9)11-5(12)13-3/h10H,2H2,1H3,(H,11,12). The highest BCUT2D eigenvalue weighted by atomic mass is 32.1. The monoisotopic (exact) mass is 212 g/mol. The van der Waals surface area contributed by atoms with Gasteiger partial charge >= 0.3 is 11.0 Å². The largest absolute Gasteiger partial charge is 0.432 e. The van der Waals surface area contributed by atoms with E-state index in [0.717, 1.165) is 0 Å². The Morgan fingerprint density at radius 3 is 2.62 bits per heavy atom. The summed E-state index contributed by atoms with van der Waals surface area (Å²) in [5, 5.41) is 2.56. The van der Waals surface area contributed by atoms with E-state index in [9.17, 15) is 18.0 Å². The summed E-state index contributed by atoms with van der Waals surface area (Å²) in [6.07, 6.45) is -4.48. The Labute approximate surface area is 75.6 Å². The lowest BCUT2D eigenvalue weighted by molar-refractivity contribution is -0.141. The van der Waals surface area contributed by atoms with Gasteiger partial charge in [0.25, 0.3) is 0 Å². The number of halogens is 3. The predicted molar refractivity (Wildman–Crippen MR) is 42.7 cm³/mol. The highest BCUT2D eigenvalue weighted by Crippen LogP contribution is 2.30.